The summed E-state index contributed by atoms with van der Waals surface area (Å²) in [6.07, 6.45) is 0. The van der Waals surface area contributed by atoms with Crippen molar-refractivity contribution in [3.05, 3.63) is 49.0 Å². The molecule has 5 nitrogen and oxygen atoms in total. The van der Waals surface area contributed by atoms with Crippen LogP contribution in [0.15, 0.2) is 23.6 Å². The minimum atomic E-state index is -0.495. The lowest BCUT2D eigenvalue weighted by Crippen LogP contribution is -2.21. The number of thiophene rings is 2. The summed E-state index contributed by atoms with van der Waals surface area (Å²) in [5, 5.41) is 15.2. The number of nitrogens with zero attached hydrogens (tertiary/aromatic N) is 1. The van der Waals surface area contributed by atoms with Gasteiger partial charge in [-0.2, -0.15) is 0 Å². The van der Waals surface area contributed by atoms with Gasteiger partial charge in [0.05, 0.1) is 16.3 Å². The Kier molecular flexibility index (Phi) is 3.73. The highest BCUT2D eigenvalue weighted by atomic mass is 32.1. The Labute approximate surface area is 111 Å². The van der Waals surface area contributed by atoms with Crippen LogP contribution in [0, 0.1) is 17.0 Å². The molecule has 0 saturated heterocycles. The molecule has 0 bridgehead atoms. The summed E-state index contributed by atoms with van der Waals surface area (Å²) in [5.41, 5.74) is 1.14. The normalized spacial score (nSPS) is 10.3. The average Bonchev–Trinajstić information content (AvgIpc) is 2.94. The maximum atomic E-state index is 11.8. The van der Waals surface area contributed by atoms with Gasteiger partial charge in [-0.25, -0.2) is 0 Å². The molecule has 0 aromatic carbocycles. The van der Waals surface area contributed by atoms with Crippen LogP contribution in [-0.2, 0) is 6.54 Å². The van der Waals surface area contributed by atoms with Crippen LogP contribution < -0.4 is 5.32 Å². The third-order valence-electron chi connectivity index (χ3n) is 2.37. The van der Waals surface area contributed by atoms with E-state index in [1.807, 2.05) is 18.4 Å². The molecule has 0 unspecified atom stereocenters. The second-order valence-corrected chi connectivity index (χ2v) is 5.67. The molecule has 2 heterocycles. The van der Waals surface area contributed by atoms with Crippen molar-refractivity contribution in [1.82, 2.24) is 5.32 Å². The van der Waals surface area contributed by atoms with Gasteiger partial charge in [-0.15, -0.1) is 11.3 Å². The molecule has 18 heavy (non-hydrogen) atoms. The van der Waals surface area contributed by atoms with E-state index in [4.69, 9.17) is 0 Å². The van der Waals surface area contributed by atoms with Crippen molar-refractivity contribution in [1.29, 1.82) is 0 Å². The van der Waals surface area contributed by atoms with Crippen LogP contribution in [0.3, 0.4) is 0 Å². The molecule has 0 fully saturated rings. The summed E-state index contributed by atoms with van der Waals surface area (Å²) in [7, 11) is 0. The third-order valence-corrected chi connectivity index (χ3v) is 4.43. The van der Waals surface area contributed by atoms with Crippen LogP contribution in [0.1, 0.15) is 20.1 Å². The zero-order valence-electron chi connectivity index (χ0n) is 9.50. The average molecular weight is 282 g/mol. The van der Waals surface area contributed by atoms with Crippen molar-refractivity contribution in [2.75, 3.05) is 0 Å². The van der Waals surface area contributed by atoms with Crippen molar-refractivity contribution in [3.8, 4) is 0 Å². The predicted molar refractivity (Wildman–Crippen MR) is 71.2 cm³/mol. The maximum absolute atomic E-state index is 11.8. The lowest BCUT2D eigenvalue weighted by atomic mass is 10.3. The molecule has 2 aromatic heterocycles. The van der Waals surface area contributed by atoms with Crippen LogP contribution in [0.5, 0.6) is 0 Å². The van der Waals surface area contributed by atoms with Gasteiger partial charge in [0.25, 0.3) is 5.91 Å². The number of nitrogens with one attached hydrogen (secondary N) is 1. The van der Waals surface area contributed by atoms with E-state index < -0.39 is 4.92 Å². The summed E-state index contributed by atoms with van der Waals surface area (Å²) >= 11 is 2.46. The number of amides is 1. The summed E-state index contributed by atoms with van der Waals surface area (Å²) < 4.78 is 0. The van der Waals surface area contributed by atoms with Gasteiger partial charge in [-0.3, -0.25) is 14.9 Å². The van der Waals surface area contributed by atoms with Crippen molar-refractivity contribution >= 4 is 33.6 Å². The molecule has 0 aliphatic heterocycles. The molecule has 7 heteroatoms. The highest BCUT2D eigenvalue weighted by molar-refractivity contribution is 7.17. The molecule has 1 amide bonds. The minimum Gasteiger partial charge on any atom is -0.346 e. The monoisotopic (exact) mass is 282 g/mol. The van der Waals surface area contributed by atoms with Gasteiger partial charge in [0.15, 0.2) is 0 Å². The zero-order valence-corrected chi connectivity index (χ0v) is 11.1. The van der Waals surface area contributed by atoms with E-state index in [1.54, 1.807) is 11.3 Å². The number of hydrogen-bond donors (Lipinski definition) is 1. The second-order valence-electron chi connectivity index (χ2n) is 3.60. The first-order valence-corrected chi connectivity index (χ1v) is 6.83. The van der Waals surface area contributed by atoms with E-state index in [-0.39, 0.29) is 10.9 Å². The lowest BCUT2D eigenvalue weighted by Gasteiger charge is -2.02. The first-order valence-electron chi connectivity index (χ1n) is 5.13. The van der Waals surface area contributed by atoms with Crippen LogP contribution in [-0.4, -0.2) is 10.8 Å². The first-order chi connectivity index (χ1) is 8.58. The summed E-state index contributed by atoms with van der Waals surface area (Å²) in [4.78, 5) is 23.2. The summed E-state index contributed by atoms with van der Waals surface area (Å²) in [5.74, 6) is -0.277. The van der Waals surface area contributed by atoms with E-state index >= 15 is 0 Å². The SMILES string of the molecule is Cc1ccsc1CNC(=O)c1ccc([N+](=O)[O-])s1. The van der Waals surface area contributed by atoms with Gasteiger partial charge < -0.3 is 5.32 Å². The van der Waals surface area contributed by atoms with Gasteiger partial charge in [0, 0.05) is 10.9 Å². The van der Waals surface area contributed by atoms with Gasteiger partial charge >= 0.3 is 5.00 Å². The highest BCUT2D eigenvalue weighted by Gasteiger charge is 2.15. The molecule has 0 aliphatic carbocycles. The largest absolute Gasteiger partial charge is 0.346 e. The number of carbonyl (C=O) groups is 1. The molecule has 0 atom stereocenters. The van der Waals surface area contributed by atoms with E-state index in [0.29, 0.717) is 11.4 Å². The molecule has 2 rings (SSSR count). The van der Waals surface area contributed by atoms with Crippen molar-refractivity contribution < 1.29 is 9.72 Å². The predicted octanol–water partition coefficient (Wildman–Crippen LogP) is 2.96. The highest BCUT2D eigenvalue weighted by Crippen LogP contribution is 2.24. The van der Waals surface area contributed by atoms with Crippen molar-refractivity contribution in [2.24, 2.45) is 0 Å². The topological polar surface area (TPSA) is 72.2 Å². The molecule has 0 aliphatic rings. The number of hydrogen-bond acceptors (Lipinski definition) is 5. The van der Waals surface area contributed by atoms with Crippen LogP contribution in [0.25, 0.3) is 0 Å². The minimum absolute atomic E-state index is 0.0209. The Morgan fingerprint density at radius 3 is 2.78 bits per heavy atom. The quantitative estimate of drug-likeness (QED) is 0.692. The first kappa shape index (κ1) is 12.7. The number of aryl methyl sites for hydroxylation is 1. The Morgan fingerprint density at radius 2 is 2.22 bits per heavy atom. The fraction of sp³-hybridized carbons (Fsp3) is 0.182. The second kappa shape index (κ2) is 5.28. The molecular weight excluding hydrogens is 272 g/mol. The van der Waals surface area contributed by atoms with E-state index in [1.165, 1.54) is 12.1 Å². The van der Waals surface area contributed by atoms with Crippen LogP contribution in [0.4, 0.5) is 5.00 Å². The molecule has 1 N–H and O–H groups in total. The molecule has 0 saturated carbocycles. The Hall–Kier alpha value is -1.73. The summed E-state index contributed by atoms with van der Waals surface area (Å²) in [6, 6.07) is 4.80. The maximum Gasteiger partial charge on any atom is 0.324 e. The summed E-state index contributed by atoms with van der Waals surface area (Å²) in [6.45, 7) is 2.43. The van der Waals surface area contributed by atoms with Gasteiger partial charge in [0.1, 0.15) is 0 Å². The Balaban J connectivity index is 1.99. The lowest BCUT2D eigenvalue weighted by molar-refractivity contribution is -0.380. The fourth-order valence-corrected chi connectivity index (χ4v) is 2.96. The van der Waals surface area contributed by atoms with Crippen molar-refractivity contribution in [3.63, 3.8) is 0 Å². The molecule has 0 radical (unpaired) electrons. The van der Waals surface area contributed by atoms with Crippen LogP contribution >= 0.6 is 22.7 Å². The van der Waals surface area contributed by atoms with E-state index in [0.717, 1.165) is 21.8 Å². The van der Waals surface area contributed by atoms with Gasteiger partial charge in [-0.05, 0) is 30.0 Å². The molecule has 0 spiro atoms. The Morgan fingerprint density at radius 1 is 1.44 bits per heavy atom. The zero-order chi connectivity index (χ0) is 13.1. The molecular formula is C11H10N2O3S2. The van der Waals surface area contributed by atoms with Crippen LogP contribution in [0.2, 0.25) is 0 Å². The number of rotatable bonds is 4. The van der Waals surface area contributed by atoms with E-state index in [2.05, 4.69) is 5.32 Å². The molecule has 94 valence electrons. The molecule has 2 aromatic rings. The Bertz CT molecular complexity index is 589. The van der Waals surface area contributed by atoms with Gasteiger partial charge in [-0.1, -0.05) is 11.3 Å². The van der Waals surface area contributed by atoms with E-state index in [9.17, 15) is 14.9 Å². The number of nitro groups is 1. The van der Waals surface area contributed by atoms with Crippen molar-refractivity contribution in [2.45, 2.75) is 13.5 Å². The van der Waals surface area contributed by atoms with Gasteiger partial charge in [0.2, 0.25) is 0 Å². The number of carbonyl (C=O) groups excluding carboxylic acids is 1. The third kappa shape index (κ3) is 2.74. The standard InChI is InChI=1S/C11H10N2O3S2/c1-7-4-5-17-9(7)6-12-11(14)8-2-3-10(18-8)13(15)16/h2-5H,6H2,1H3,(H,12,14). The smallest absolute Gasteiger partial charge is 0.324 e. The fourth-order valence-electron chi connectivity index (χ4n) is 1.38.